The molecular formula is C25H48O16P2. The van der Waals surface area contributed by atoms with Gasteiger partial charge in [0, 0.05) is 12.8 Å². The van der Waals surface area contributed by atoms with Crippen molar-refractivity contribution >= 4 is 27.6 Å². The lowest BCUT2D eigenvalue weighted by molar-refractivity contribution is -0.216. The molecule has 3 unspecified atom stereocenters. The van der Waals surface area contributed by atoms with E-state index in [1.807, 2.05) is 6.92 Å². The lowest BCUT2D eigenvalue weighted by Gasteiger charge is -2.43. The molecule has 0 aliphatic heterocycles. The van der Waals surface area contributed by atoms with Gasteiger partial charge in [-0.05, 0) is 12.8 Å². The molecule has 1 saturated carbocycles. The Balaban J connectivity index is 2.80. The molecule has 18 heteroatoms. The van der Waals surface area contributed by atoms with Crippen molar-refractivity contribution in [2.24, 2.45) is 0 Å². The van der Waals surface area contributed by atoms with Crippen LogP contribution in [-0.2, 0) is 41.8 Å². The molecule has 0 amide bonds. The Bertz CT molecular complexity index is 898. The average Bonchev–Trinajstić information content (AvgIpc) is 2.93. The van der Waals surface area contributed by atoms with Crippen LogP contribution in [0.15, 0.2) is 0 Å². The Labute approximate surface area is 251 Å². The summed E-state index contributed by atoms with van der Waals surface area (Å²) in [6, 6.07) is 0. The number of phosphoric acid groups is 2. The van der Waals surface area contributed by atoms with Crippen LogP contribution in [0.1, 0.15) is 90.9 Å². The van der Waals surface area contributed by atoms with Crippen LogP contribution < -0.4 is 0 Å². The third-order valence-corrected chi connectivity index (χ3v) is 8.18. The highest BCUT2D eigenvalue weighted by Gasteiger charge is 2.54. The maximum atomic E-state index is 12.6. The fraction of sp³-hybridized carbons (Fsp3) is 0.920. The van der Waals surface area contributed by atoms with E-state index in [1.54, 1.807) is 0 Å². The molecule has 254 valence electrons. The van der Waals surface area contributed by atoms with Crippen LogP contribution in [0.5, 0.6) is 0 Å². The van der Waals surface area contributed by atoms with Crippen LogP contribution in [0, 0.1) is 0 Å². The zero-order chi connectivity index (χ0) is 32.6. The van der Waals surface area contributed by atoms with E-state index in [0.717, 1.165) is 51.4 Å². The number of unbranched alkanes of at least 4 members (excludes halogenated alkanes) is 8. The van der Waals surface area contributed by atoms with E-state index in [-0.39, 0.29) is 12.8 Å². The first-order chi connectivity index (χ1) is 20.1. The number of hydrogen-bond acceptors (Lipinski definition) is 13. The van der Waals surface area contributed by atoms with Gasteiger partial charge in [0.1, 0.15) is 43.2 Å². The number of hydrogen-bond donors (Lipinski definition) is 7. The predicted molar refractivity (Wildman–Crippen MR) is 149 cm³/mol. The van der Waals surface area contributed by atoms with Crippen molar-refractivity contribution in [2.75, 3.05) is 13.2 Å². The molecule has 0 aromatic rings. The number of phosphoric ester groups is 2. The van der Waals surface area contributed by atoms with E-state index in [0.29, 0.717) is 12.8 Å². The fourth-order valence-electron chi connectivity index (χ4n) is 4.32. The first-order valence-corrected chi connectivity index (χ1v) is 17.6. The highest BCUT2D eigenvalue weighted by Crippen LogP contribution is 2.48. The summed E-state index contributed by atoms with van der Waals surface area (Å²) < 4.78 is 48.0. The van der Waals surface area contributed by atoms with E-state index in [2.05, 4.69) is 11.4 Å². The SMILES string of the molecule is CCCCCCCC(=O)OC[C@H](COP(=O)(O)OC1[C@H](O)[C@H](O)C(OP(=O)(O)O)[C@H](O)[C@H]1O)OC(=O)CCCCCCC. The van der Waals surface area contributed by atoms with Crippen LogP contribution in [0.3, 0.4) is 0 Å². The summed E-state index contributed by atoms with van der Waals surface area (Å²) in [4.78, 5) is 52.6. The fourth-order valence-corrected chi connectivity index (χ4v) is 5.85. The molecule has 0 radical (unpaired) electrons. The summed E-state index contributed by atoms with van der Waals surface area (Å²) in [6.07, 6.45) is -5.75. The summed E-state index contributed by atoms with van der Waals surface area (Å²) in [5, 5.41) is 40.8. The van der Waals surface area contributed by atoms with E-state index in [1.165, 1.54) is 0 Å². The average molecular weight is 667 g/mol. The van der Waals surface area contributed by atoms with Crippen LogP contribution in [0.4, 0.5) is 0 Å². The molecule has 0 aromatic heterocycles. The Morgan fingerprint density at radius 1 is 0.651 bits per heavy atom. The Morgan fingerprint density at radius 2 is 1.09 bits per heavy atom. The maximum absolute atomic E-state index is 12.6. The van der Waals surface area contributed by atoms with Gasteiger partial charge in [0.2, 0.25) is 0 Å². The third kappa shape index (κ3) is 16.2. The molecule has 16 nitrogen and oxygen atoms in total. The number of aliphatic hydroxyl groups excluding tert-OH is 4. The minimum absolute atomic E-state index is 0.0486. The summed E-state index contributed by atoms with van der Waals surface area (Å²) in [5.74, 6) is -1.22. The second kappa shape index (κ2) is 20.2. The lowest BCUT2D eigenvalue weighted by Crippen LogP contribution is -2.64. The van der Waals surface area contributed by atoms with Gasteiger partial charge < -0.3 is 44.6 Å². The zero-order valence-electron chi connectivity index (χ0n) is 24.6. The Morgan fingerprint density at radius 3 is 1.56 bits per heavy atom. The Kier molecular flexibility index (Phi) is 18.8. The van der Waals surface area contributed by atoms with Gasteiger partial charge in [-0.3, -0.25) is 23.2 Å². The summed E-state index contributed by atoms with van der Waals surface area (Å²) in [6.45, 7) is 2.80. The highest BCUT2D eigenvalue weighted by molar-refractivity contribution is 7.47. The van der Waals surface area contributed by atoms with Crippen molar-refractivity contribution in [1.82, 2.24) is 0 Å². The molecule has 1 aliphatic carbocycles. The van der Waals surface area contributed by atoms with Crippen LogP contribution in [0.25, 0.3) is 0 Å². The minimum Gasteiger partial charge on any atom is -0.462 e. The minimum atomic E-state index is -5.28. The van der Waals surface area contributed by atoms with Crippen LogP contribution in [0.2, 0.25) is 0 Å². The highest BCUT2D eigenvalue weighted by atomic mass is 31.2. The first-order valence-electron chi connectivity index (χ1n) is 14.6. The van der Waals surface area contributed by atoms with Gasteiger partial charge in [0.05, 0.1) is 6.61 Å². The van der Waals surface area contributed by atoms with Crippen molar-refractivity contribution in [3.05, 3.63) is 0 Å². The van der Waals surface area contributed by atoms with Crippen molar-refractivity contribution in [3.8, 4) is 0 Å². The van der Waals surface area contributed by atoms with Gasteiger partial charge in [-0.15, -0.1) is 0 Å². The van der Waals surface area contributed by atoms with Crippen LogP contribution in [-0.4, -0.2) is 103 Å². The van der Waals surface area contributed by atoms with Gasteiger partial charge in [-0.25, -0.2) is 9.13 Å². The number of carbonyl (C=O) groups is 2. The normalized spacial score (nSPS) is 26.4. The van der Waals surface area contributed by atoms with Crippen molar-refractivity contribution in [3.63, 3.8) is 0 Å². The smallest absolute Gasteiger partial charge is 0.462 e. The molecule has 0 bridgehead atoms. The lowest BCUT2D eigenvalue weighted by atomic mass is 9.85. The standard InChI is InChI=1S/C25H48O16P2/c1-3-5-7-9-11-13-18(26)37-15-17(39-19(27)14-12-10-8-6-4-2)16-38-43(35,36)41-25-22(30)20(28)24(21(29)23(25)31)40-42(32,33)34/h17,20-25,28-31H,3-16H2,1-2H3,(H,35,36)(H2,32,33,34)/t17-,20-,21+,22-,23-,24?,25?/m1/s1. The summed E-state index contributed by atoms with van der Waals surface area (Å²) >= 11 is 0. The molecule has 1 aliphatic rings. The van der Waals surface area contributed by atoms with Gasteiger partial charge in [-0.1, -0.05) is 65.2 Å². The maximum Gasteiger partial charge on any atom is 0.472 e. The molecule has 8 atom stereocenters. The second-order valence-electron chi connectivity index (χ2n) is 10.5. The van der Waals surface area contributed by atoms with Gasteiger partial charge in [-0.2, -0.15) is 0 Å². The molecule has 0 spiro atoms. The molecule has 43 heavy (non-hydrogen) atoms. The summed E-state index contributed by atoms with van der Waals surface area (Å²) in [7, 11) is -10.5. The van der Waals surface area contributed by atoms with Gasteiger partial charge in [0.25, 0.3) is 0 Å². The molecular weight excluding hydrogens is 618 g/mol. The van der Waals surface area contributed by atoms with Crippen molar-refractivity contribution < 1.29 is 76.9 Å². The molecule has 0 aromatic carbocycles. The molecule has 1 fully saturated rings. The van der Waals surface area contributed by atoms with E-state index < -0.39 is 83.5 Å². The number of aliphatic hydroxyl groups is 4. The molecule has 1 rings (SSSR count). The number of ether oxygens (including phenoxy) is 2. The van der Waals surface area contributed by atoms with Gasteiger partial charge >= 0.3 is 27.6 Å². The number of rotatable bonds is 22. The van der Waals surface area contributed by atoms with Crippen molar-refractivity contribution in [1.29, 1.82) is 0 Å². The largest absolute Gasteiger partial charge is 0.472 e. The van der Waals surface area contributed by atoms with E-state index in [9.17, 15) is 44.0 Å². The van der Waals surface area contributed by atoms with Gasteiger partial charge in [0.15, 0.2) is 6.10 Å². The van der Waals surface area contributed by atoms with Crippen molar-refractivity contribution in [2.45, 2.75) is 134 Å². The predicted octanol–water partition coefficient (Wildman–Crippen LogP) is 1.60. The Hall–Kier alpha value is -1.00. The first kappa shape index (κ1) is 40.0. The second-order valence-corrected chi connectivity index (χ2v) is 13.1. The van der Waals surface area contributed by atoms with Crippen LogP contribution >= 0.6 is 15.6 Å². The van der Waals surface area contributed by atoms with E-state index >= 15 is 0 Å². The zero-order valence-corrected chi connectivity index (χ0v) is 26.4. The van der Waals surface area contributed by atoms with E-state index in [4.69, 9.17) is 28.3 Å². The molecule has 0 saturated heterocycles. The number of esters is 2. The quantitative estimate of drug-likeness (QED) is 0.0492. The number of carbonyl (C=O) groups excluding carboxylic acids is 2. The summed E-state index contributed by atoms with van der Waals surface area (Å²) in [5.41, 5.74) is 0. The molecule has 0 heterocycles. The monoisotopic (exact) mass is 666 g/mol. The topological polar surface area (TPSA) is 256 Å². The third-order valence-electron chi connectivity index (χ3n) is 6.68. The molecule has 7 N–H and O–H groups in total.